The Morgan fingerprint density at radius 2 is 1.47 bits per heavy atom. The van der Waals surface area contributed by atoms with E-state index in [-0.39, 0.29) is 11.9 Å². The summed E-state index contributed by atoms with van der Waals surface area (Å²) < 4.78 is 24.0. The first-order valence-electron chi connectivity index (χ1n) is 7.38. The number of amides is 1. The third-order valence-corrected chi connectivity index (χ3v) is 6.48. The molecule has 0 aromatic rings. The average Bonchev–Trinajstić information content (AvgIpc) is 2.31. The van der Waals surface area contributed by atoms with E-state index >= 15 is 0 Å². The molecule has 19 heavy (non-hydrogen) atoms. The van der Waals surface area contributed by atoms with Gasteiger partial charge in [-0.15, -0.1) is 0 Å². The van der Waals surface area contributed by atoms with Crippen molar-refractivity contribution in [1.82, 2.24) is 5.32 Å². The first kappa shape index (κ1) is 16.5. The standard InChI is InChI=1S/C14H27NO3S/c1-11(2)19(17,18)12(3)14(16)15-13-9-7-5-4-6-8-10-13/h11-13H,4-10H2,1-3H3,(H,15,16)/t12-/m0/s1. The lowest BCUT2D eigenvalue weighted by Gasteiger charge is -2.23. The summed E-state index contributed by atoms with van der Waals surface area (Å²) in [5.41, 5.74) is 0. The second kappa shape index (κ2) is 7.27. The van der Waals surface area contributed by atoms with E-state index in [9.17, 15) is 13.2 Å². The molecule has 1 atom stereocenters. The van der Waals surface area contributed by atoms with E-state index in [1.165, 1.54) is 26.2 Å². The molecule has 5 heteroatoms. The zero-order valence-electron chi connectivity index (χ0n) is 12.3. The van der Waals surface area contributed by atoms with Crippen LogP contribution in [0.3, 0.4) is 0 Å². The number of hydrogen-bond donors (Lipinski definition) is 1. The largest absolute Gasteiger partial charge is 0.352 e. The number of rotatable bonds is 4. The van der Waals surface area contributed by atoms with Crippen molar-refractivity contribution in [2.75, 3.05) is 0 Å². The van der Waals surface area contributed by atoms with Gasteiger partial charge in [-0.25, -0.2) is 8.42 Å². The predicted molar refractivity (Wildman–Crippen MR) is 77.8 cm³/mol. The SMILES string of the molecule is CC(C)S(=O)(=O)[C@@H](C)C(=O)NC1CCCCCCC1. The van der Waals surface area contributed by atoms with Crippen LogP contribution in [0, 0.1) is 0 Å². The summed E-state index contributed by atoms with van der Waals surface area (Å²) >= 11 is 0. The summed E-state index contributed by atoms with van der Waals surface area (Å²) in [5, 5.41) is 1.47. The molecule has 1 aliphatic carbocycles. The summed E-state index contributed by atoms with van der Waals surface area (Å²) in [6.45, 7) is 4.73. The summed E-state index contributed by atoms with van der Waals surface area (Å²) in [6.07, 6.45) is 7.89. The molecule has 1 fully saturated rings. The van der Waals surface area contributed by atoms with Gasteiger partial charge in [-0.1, -0.05) is 32.1 Å². The van der Waals surface area contributed by atoms with E-state index < -0.39 is 20.3 Å². The Kier molecular flexibility index (Phi) is 6.30. The zero-order chi connectivity index (χ0) is 14.5. The molecule has 0 unspecified atom stereocenters. The highest BCUT2D eigenvalue weighted by Crippen LogP contribution is 2.18. The molecule has 0 bridgehead atoms. The number of sulfone groups is 1. The summed E-state index contributed by atoms with van der Waals surface area (Å²) in [4.78, 5) is 12.1. The molecule has 0 saturated heterocycles. The van der Waals surface area contributed by atoms with Crippen LogP contribution in [0.1, 0.15) is 65.7 Å². The summed E-state index contributed by atoms with van der Waals surface area (Å²) in [5.74, 6) is -0.334. The van der Waals surface area contributed by atoms with Gasteiger partial charge in [0.15, 0.2) is 9.84 Å². The van der Waals surface area contributed by atoms with Gasteiger partial charge in [-0.2, -0.15) is 0 Å². The van der Waals surface area contributed by atoms with Crippen LogP contribution in [-0.4, -0.2) is 30.9 Å². The Morgan fingerprint density at radius 1 is 1.00 bits per heavy atom. The Balaban J connectivity index is 2.58. The van der Waals surface area contributed by atoms with E-state index in [0.717, 1.165) is 25.7 Å². The van der Waals surface area contributed by atoms with E-state index in [0.29, 0.717) is 0 Å². The normalized spacial score (nSPS) is 20.6. The molecule has 0 aromatic heterocycles. The van der Waals surface area contributed by atoms with Crippen LogP contribution in [0.5, 0.6) is 0 Å². The van der Waals surface area contributed by atoms with Gasteiger partial charge in [0, 0.05) is 6.04 Å². The first-order valence-corrected chi connectivity index (χ1v) is 8.99. The van der Waals surface area contributed by atoms with Gasteiger partial charge in [0.05, 0.1) is 5.25 Å². The molecular formula is C14H27NO3S. The van der Waals surface area contributed by atoms with Crippen LogP contribution in [0.2, 0.25) is 0 Å². The lowest BCUT2D eigenvalue weighted by atomic mass is 9.97. The molecule has 1 N–H and O–H groups in total. The number of hydrogen-bond acceptors (Lipinski definition) is 3. The van der Waals surface area contributed by atoms with Crippen molar-refractivity contribution in [3.63, 3.8) is 0 Å². The van der Waals surface area contributed by atoms with Crippen molar-refractivity contribution in [1.29, 1.82) is 0 Å². The van der Waals surface area contributed by atoms with Gasteiger partial charge in [0.25, 0.3) is 0 Å². The van der Waals surface area contributed by atoms with Crippen molar-refractivity contribution in [3.05, 3.63) is 0 Å². The second-order valence-corrected chi connectivity index (χ2v) is 8.66. The maximum atomic E-state index is 12.1. The molecule has 0 spiro atoms. The van der Waals surface area contributed by atoms with Crippen molar-refractivity contribution >= 4 is 15.7 Å². The van der Waals surface area contributed by atoms with E-state index in [2.05, 4.69) is 5.32 Å². The highest BCUT2D eigenvalue weighted by atomic mass is 32.2. The monoisotopic (exact) mass is 289 g/mol. The van der Waals surface area contributed by atoms with Gasteiger partial charge in [0.2, 0.25) is 5.91 Å². The van der Waals surface area contributed by atoms with E-state index in [4.69, 9.17) is 0 Å². The molecule has 0 aromatic carbocycles. The number of nitrogens with one attached hydrogen (secondary N) is 1. The third-order valence-electron chi connectivity index (χ3n) is 3.97. The highest BCUT2D eigenvalue weighted by Gasteiger charge is 2.31. The smallest absolute Gasteiger partial charge is 0.238 e. The van der Waals surface area contributed by atoms with Crippen molar-refractivity contribution < 1.29 is 13.2 Å². The molecule has 112 valence electrons. The Morgan fingerprint density at radius 3 is 1.95 bits per heavy atom. The maximum absolute atomic E-state index is 12.1. The van der Waals surface area contributed by atoms with Gasteiger partial charge in [-0.05, 0) is 33.6 Å². The minimum Gasteiger partial charge on any atom is -0.352 e. The average molecular weight is 289 g/mol. The predicted octanol–water partition coefficient (Wildman–Crippen LogP) is 2.43. The fraction of sp³-hybridized carbons (Fsp3) is 0.929. The molecule has 1 saturated carbocycles. The molecule has 0 heterocycles. The summed E-state index contributed by atoms with van der Waals surface area (Å²) in [6, 6.07) is 0.151. The minimum atomic E-state index is -3.36. The van der Waals surface area contributed by atoms with Crippen LogP contribution in [0.25, 0.3) is 0 Å². The maximum Gasteiger partial charge on any atom is 0.238 e. The lowest BCUT2D eigenvalue weighted by molar-refractivity contribution is -0.121. The van der Waals surface area contributed by atoms with Crippen LogP contribution in [0.15, 0.2) is 0 Å². The van der Waals surface area contributed by atoms with Crippen LogP contribution < -0.4 is 5.32 Å². The van der Waals surface area contributed by atoms with Crippen LogP contribution >= 0.6 is 0 Å². The van der Waals surface area contributed by atoms with Crippen molar-refractivity contribution in [2.45, 2.75) is 82.3 Å². The summed E-state index contributed by atoms with van der Waals surface area (Å²) in [7, 11) is -3.36. The molecule has 1 aliphatic rings. The molecule has 1 amide bonds. The molecule has 0 aliphatic heterocycles. The van der Waals surface area contributed by atoms with Gasteiger partial charge in [-0.3, -0.25) is 4.79 Å². The van der Waals surface area contributed by atoms with Gasteiger partial charge in [0.1, 0.15) is 5.25 Å². The molecular weight excluding hydrogens is 262 g/mol. The third kappa shape index (κ3) is 4.79. The quantitative estimate of drug-likeness (QED) is 0.864. The van der Waals surface area contributed by atoms with Crippen molar-refractivity contribution in [2.24, 2.45) is 0 Å². The van der Waals surface area contributed by atoms with E-state index in [1.807, 2.05) is 0 Å². The van der Waals surface area contributed by atoms with Crippen LogP contribution in [0.4, 0.5) is 0 Å². The Bertz CT molecular complexity index is 381. The lowest BCUT2D eigenvalue weighted by Crippen LogP contribution is -2.45. The fourth-order valence-electron chi connectivity index (χ4n) is 2.48. The van der Waals surface area contributed by atoms with Crippen molar-refractivity contribution in [3.8, 4) is 0 Å². The molecule has 4 nitrogen and oxygen atoms in total. The van der Waals surface area contributed by atoms with Gasteiger partial charge < -0.3 is 5.32 Å². The second-order valence-electron chi connectivity index (χ2n) is 5.83. The first-order chi connectivity index (χ1) is 8.85. The number of carbonyl (C=O) groups is 1. The fourth-order valence-corrected chi connectivity index (χ4v) is 3.66. The highest BCUT2D eigenvalue weighted by molar-refractivity contribution is 7.93. The van der Waals surface area contributed by atoms with E-state index in [1.54, 1.807) is 13.8 Å². The topological polar surface area (TPSA) is 63.2 Å². The Hall–Kier alpha value is -0.580. The number of carbonyl (C=O) groups excluding carboxylic acids is 1. The molecule has 1 rings (SSSR count). The molecule has 0 radical (unpaired) electrons. The minimum absolute atomic E-state index is 0.151. The van der Waals surface area contributed by atoms with Crippen LogP contribution in [-0.2, 0) is 14.6 Å². The van der Waals surface area contributed by atoms with Gasteiger partial charge >= 0.3 is 0 Å². The zero-order valence-corrected chi connectivity index (χ0v) is 13.1. The Labute approximate surface area is 117 Å².